The number of hydrogen-bond acceptors (Lipinski definition) is 6. The maximum absolute atomic E-state index is 14.3. The number of rotatable bonds is 10. The van der Waals surface area contributed by atoms with Gasteiger partial charge in [0.25, 0.3) is 5.91 Å². The molecule has 0 aliphatic carbocycles. The van der Waals surface area contributed by atoms with Gasteiger partial charge in [-0.05, 0) is 45.0 Å². The van der Waals surface area contributed by atoms with Gasteiger partial charge in [0.1, 0.15) is 5.84 Å². The van der Waals surface area contributed by atoms with Crippen molar-refractivity contribution in [2.75, 3.05) is 23.9 Å². The number of hydrogen-bond donors (Lipinski definition) is 5. The van der Waals surface area contributed by atoms with Crippen LogP contribution in [-0.4, -0.2) is 31.0 Å². The minimum absolute atomic E-state index is 0. The molecule has 0 atom stereocenters. The van der Waals surface area contributed by atoms with Crippen LogP contribution in [0.15, 0.2) is 36.4 Å². The lowest BCUT2D eigenvalue weighted by Gasteiger charge is -2.17. The summed E-state index contributed by atoms with van der Waals surface area (Å²) in [5.74, 6) is -0.343. The zero-order valence-corrected chi connectivity index (χ0v) is 19.1. The fourth-order valence-electron chi connectivity index (χ4n) is 2.38. The quantitative estimate of drug-likeness (QED) is 0.203. The van der Waals surface area contributed by atoms with Crippen molar-refractivity contribution in [1.29, 1.82) is 5.41 Å². The van der Waals surface area contributed by atoms with Crippen molar-refractivity contribution >= 4 is 47.9 Å². The first kappa shape index (κ1) is 28.1. The number of benzene rings is 2. The van der Waals surface area contributed by atoms with Crippen LogP contribution in [0.2, 0.25) is 0 Å². The van der Waals surface area contributed by atoms with Gasteiger partial charge in [0.15, 0.2) is 17.3 Å². The first-order valence-electron chi connectivity index (χ1n) is 9.16. The van der Waals surface area contributed by atoms with Crippen molar-refractivity contribution in [1.82, 2.24) is 5.43 Å². The third-order valence-corrected chi connectivity index (χ3v) is 3.68. The molecule has 172 valence electrons. The van der Waals surface area contributed by atoms with Gasteiger partial charge in [0.2, 0.25) is 0 Å². The Balaban J connectivity index is 0.00000450. The van der Waals surface area contributed by atoms with Crippen molar-refractivity contribution in [3.8, 4) is 11.5 Å². The highest BCUT2D eigenvalue weighted by Crippen LogP contribution is 2.33. The lowest BCUT2D eigenvalue weighted by Crippen LogP contribution is -2.34. The third-order valence-electron chi connectivity index (χ3n) is 3.68. The van der Waals surface area contributed by atoms with E-state index >= 15 is 0 Å². The molecule has 8 nitrogen and oxygen atoms in total. The lowest BCUT2D eigenvalue weighted by molar-refractivity contribution is -0.118. The van der Waals surface area contributed by atoms with Crippen LogP contribution in [-0.2, 0) is 4.79 Å². The molecule has 0 aromatic heterocycles. The highest BCUT2D eigenvalue weighted by Gasteiger charge is 2.14. The minimum atomic E-state index is -0.586. The van der Waals surface area contributed by atoms with Gasteiger partial charge in [-0.25, -0.2) is 4.39 Å². The van der Waals surface area contributed by atoms with E-state index in [1.54, 1.807) is 24.3 Å². The zero-order valence-electron chi connectivity index (χ0n) is 17.5. The standard InChI is InChI=1S/C20H26FN5O3.2ClH/c1-4-28-17-10-16(15(21)9-18(17)29-12(2)3)25-26-19(27)11-24-14-7-5-13(6-8-14)20(22)23;;/h5-10,12,24-25H,4,11H2,1-3H3,(H3,22,23)(H,26,27);2*1H. The maximum Gasteiger partial charge on any atom is 0.257 e. The predicted octanol–water partition coefficient (Wildman–Crippen LogP) is 3.69. The average molecular weight is 476 g/mol. The Bertz CT molecular complexity index is 867. The van der Waals surface area contributed by atoms with Gasteiger partial charge in [-0.15, -0.1) is 24.8 Å². The molecular formula is C20H28Cl2FN5O3. The molecular weight excluding hydrogens is 448 g/mol. The fraction of sp³-hybridized carbons (Fsp3) is 0.300. The van der Waals surface area contributed by atoms with E-state index in [1.165, 1.54) is 12.1 Å². The number of carbonyl (C=O) groups is 1. The zero-order chi connectivity index (χ0) is 21.4. The van der Waals surface area contributed by atoms with Crippen LogP contribution in [0, 0.1) is 11.2 Å². The summed E-state index contributed by atoms with van der Waals surface area (Å²) in [5, 5.41) is 10.3. The molecule has 1 amide bonds. The summed E-state index contributed by atoms with van der Waals surface area (Å²) in [4.78, 5) is 12.0. The summed E-state index contributed by atoms with van der Waals surface area (Å²) in [6.45, 7) is 5.83. The molecule has 2 rings (SSSR count). The van der Waals surface area contributed by atoms with Gasteiger partial charge in [-0.2, -0.15) is 0 Å². The molecule has 0 aliphatic heterocycles. The van der Waals surface area contributed by atoms with Gasteiger partial charge in [0.05, 0.1) is 24.9 Å². The van der Waals surface area contributed by atoms with Crippen molar-refractivity contribution in [3.05, 3.63) is 47.8 Å². The number of anilines is 2. The molecule has 0 aliphatic rings. The Hall–Kier alpha value is -2.91. The minimum Gasteiger partial charge on any atom is -0.490 e. The first-order chi connectivity index (χ1) is 13.8. The van der Waals surface area contributed by atoms with Crippen LogP contribution in [0.4, 0.5) is 15.8 Å². The van der Waals surface area contributed by atoms with E-state index < -0.39 is 11.7 Å². The Morgan fingerprint density at radius 3 is 2.35 bits per heavy atom. The van der Waals surface area contributed by atoms with E-state index in [0.717, 1.165) is 0 Å². The molecule has 0 radical (unpaired) electrons. The topological polar surface area (TPSA) is 121 Å². The molecule has 31 heavy (non-hydrogen) atoms. The van der Waals surface area contributed by atoms with Crippen LogP contribution < -0.4 is 31.4 Å². The summed E-state index contributed by atoms with van der Waals surface area (Å²) in [6, 6.07) is 9.41. The monoisotopic (exact) mass is 475 g/mol. The molecule has 0 saturated carbocycles. The van der Waals surface area contributed by atoms with Gasteiger partial charge in [0, 0.05) is 23.4 Å². The van der Waals surface area contributed by atoms with Crippen LogP contribution in [0.3, 0.4) is 0 Å². The predicted molar refractivity (Wildman–Crippen MR) is 126 cm³/mol. The molecule has 2 aromatic rings. The number of halogens is 3. The second-order valence-electron chi connectivity index (χ2n) is 6.40. The maximum atomic E-state index is 14.3. The normalized spacial score (nSPS) is 9.71. The van der Waals surface area contributed by atoms with Crippen LogP contribution in [0.25, 0.3) is 0 Å². The largest absolute Gasteiger partial charge is 0.490 e. The number of carbonyl (C=O) groups excluding carboxylic acids is 1. The van der Waals surface area contributed by atoms with E-state index in [0.29, 0.717) is 29.4 Å². The van der Waals surface area contributed by atoms with Crippen molar-refractivity contribution < 1.29 is 18.7 Å². The molecule has 2 aromatic carbocycles. The highest BCUT2D eigenvalue weighted by atomic mass is 35.5. The SMILES string of the molecule is CCOc1cc(NNC(=O)CNc2ccc(C(=N)N)cc2)c(F)cc1OC(C)C.Cl.Cl. The smallest absolute Gasteiger partial charge is 0.257 e. The molecule has 0 fully saturated rings. The average Bonchev–Trinajstić information content (AvgIpc) is 2.67. The number of nitrogen functional groups attached to an aromatic ring is 1. The number of ether oxygens (including phenoxy) is 2. The molecule has 11 heteroatoms. The Morgan fingerprint density at radius 2 is 1.81 bits per heavy atom. The van der Waals surface area contributed by atoms with Crippen molar-refractivity contribution in [2.24, 2.45) is 5.73 Å². The van der Waals surface area contributed by atoms with Crippen molar-refractivity contribution in [3.63, 3.8) is 0 Å². The van der Waals surface area contributed by atoms with Crippen LogP contribution >= 0.6 is 24.8 Å². The molecule has 0 spiro atoms. The number of nitrogens with one attached hydrogen (secondary N) is 4. The van der Waals surface area contributed by atoms with Crippen LogP contribution in [0.1, 0.15) is 26.3 Å². The van der Waals surface area contributed by atoms with Gasteiger partial charge in [-0.3, -0.25) is 21.1 Å². The summed E-state index contributed by atoms with van der Waals surface area (Å²) in [5.41, 5.74) is 11.7. The second kappa shape index (κ2) is 13.4. The van der Waals surface area contributed by atoms with Crippen molar-refractivity contribution in [2.45, 2.75) is 26.9 Å². The summed E-state index contributed by atoms with van der Waals surface area (Å²) in [6.07, 6.45) is -0.136. The van der Waals surface area contributed by atoms with Gasteiger partial charge in [-0.1, -0.05) is 0 Å². The second-order valence-corrected chi connectivity index (χ2v) is 6.40. The molecule has 0 saturated heterocycles. The first-order valence-corrected chi connectivity index (χ1v) is 9.16. The number of amidine groups is 1. The van der Waals surface area contributed by atoms with E-state index in [4.69, 9.17) is 20.6 Å². The van der Waals surface area contributed by atoms with Crippen LogP contribution in [0.5, 0.6) is 11.5 Å². The van der Waals surface area contributed by atoms with E-state index in [2.05, 4.69) is 16.2 Å². The Labute approximate surface area is 193 Å². The molecule has 0 bridgehead atoms. The highest BCUT2D eigenvalue weighted by molar-refractivity contribution is 5.95. The van der Waals surface area contributed by atoms with E-state index in [-0.39, 0.29) is 49.0 Å². The Kier molecular flexibility index (Phi) is 12.1. The molecule has 0 heterocycles. The van der Waals surface area contributed by atoms with E-state index in [9.17, 15) is 9.18 Å². The third kappa shape index (κ3) is 8.77. The molecule has 6 N–H and O–H groups in total. The number of amides is 1. The summed E-state index contributed by atoms with van der Waals surface area (Å²) in [7, 11) is 0. The fourth-order valence-corrected chi connectivity index (χ4v) is 2.38. The summed E-state index contributed by atoms with van der Waals surface area (Å²) >= 11 is 0. The Morgan fingerprint density at radius 1 is 1.16 bits per heavy atom. The number of nitrogens with two attached hydrogens (primary N) is 1. The summed E-state index contributed by atoms with van der Waals surface area (Å²) < 4.78 is 25.4. The lowest BCUT2D eigenvalue weighted by atomic mass is 10.2. The molecule has 0 unspecified atom stereocenters. The number of hydrazine groups is 1. The van der Waals surface area contributed by atoms with E-state index in [1.807, 2.05) is 20.8 Å². The van der Waals surface area contributed by atoms with Gasteiger partial charge >= 0.3 is 0 Å². The van der Waals surface area contributed by atoms with Gasteiger partial charge < -0.3 is 20.5 Å².